The maximum absolute atomic E-state index is 13.7. The standard InChI is InChI=1S/C24H28ClN3O3/c1-24(2,3)31-23(30)28-13-11-27(12-14-28)22(29)20-19-9-8-18(25)15-17(19)7-6-16-5-4-10-26-21(16)20/h4-5,8-10,15,20H,6-7,11-14H2,1-3H3. The van der Waals surface area contributed by atoms with Gasteiger partial charge in [0.25, 0.3) is 0 Å². The third kappa shape index (κ3) is 4.69. The quantitative estimate of drug-likeness (QED) is 0.669. The summed E-state index contributed by atoms with van der Waals surface area (Å²) in [6.45, 7) is 7.41. The molecule has 1 aliphatic heterocycles. The van der Waals surface area contributed by atoms with E-state index in [1.165, 1.54) is 0 Å². The molecular formula is C24H28ClN3O3. The van der Waals surface area contributed by atoms with E-state index in [1.807, 2.05) is 49.9 Å². The van der Waals surface area contributed by atoms with Gasteiger partial charge in [-0.1, -0.05) is 23.7 Å². The first-order valence-electron chi connectivity index (χ1n) is 10.7. The van der Waals surface area contributed by atoms with Crippen LogP contribution in [0.25, 0.3) is 0 Å². The van der Waals surface area contributed by atoms with Gasteiger partial charge in [-0.3, -0.25) is 9.78 Å². The zero-order chi connectivity index (χ0) is 22.2. The average Bonchev–Trinajstić information content (AvgIpc) is 2.89. The summed E-state index contributed by atoms with van der Waals surface area (Å²) < 4.78 is 5.47. The van der Waals surface area contributed by atoms with Crippen LogP contribution in [0.15, 0.2) is 36.5 Å². The van der Waals surface area contributed by atoms with Crippen molar-refractivity contribution in [3.8, 4) is 0 Å². The van der Waals surface area contributed by atoms with Crippen molar-refractivity contribution >= 4 is 23.6 Å². The van der Waals surface area contributed by atoms with Gasteiger partial charge in [-0.2, -0.15) is 0 Å². The lowest BCUT2D eigenvalue weighted by Gasteiger charge is -2.37. The zero-order valence-electron chi connectivity index (χ0n) is 18.2. The molecule has 2 heterocycles. The van der Waals surface area contributed by atoms with E-state index in [4.69, 9.17) is 16.3 Å². The summed E-state index contributed by atoms with van der Waals surface area (Å²) in [6, 6.07) is 9.74. The molecule has 2 aliphatic rings. The molecule has 0 N–H and O–H groups in total. The SMILES string of the molecule is CC(C)(C)OC(=O)N1CCN(C(=O)C2c3ccc(Cl)cc3CCc3cccnc32)CC1. The summed E-state index contributed by atoms with van der Waals surface area (Å²) >= 11 is 6.25. The zero-order valence-corrected chi connectivity index (χ0v) is 19.0. The Hall–Kier alpha value is -2.60. The van der Waals surface area contributed by atoms with Gasteiger partial charge in [-0.25, -0.2) is 4.79 Å². The first-order chi connectivity index (χ1) is 14.7. The minimum absolute atomic E-state index is 0.0225. The summed E-state index contributed by atoms with van der Waals surface area (Å²) in [6.07, 6.45) is 3.07. The van der Waals surface area contributed by atoms with E-state index in [2.05, 4.69) is 11.1 Å². The number of ether oxygens (including phenoxy) is 1. The van der Waals surface area contributed by atoms with Crippen molar-refractivity contribution in [3.63, 3.8) is 0 Å². The molecule has 31 heavy (non-hydrogen) atoms. The van der Waals surface area contributed by atoms with Gasteiger partial charge in [-0.05, 0) is 68.5 Å². The van der Waals surface area contributed by atoms with Gasteiger partial charge < -0.3 is 14.5 Å². The number of pyridine rings is 1. The van der Waals surface area contributed by atoms with Gasteiger partial charge in [-0.15, -0.1) is 0 Å². The fourth-order valence-corrected chi connectivity index (χ4v) is 4.47. The number of fused-ring (bicyclic) bond motifs is 2. The largest absolute Gasteiger partial charge is 0.444 e. The number of rotatable bonds is 1. The number of halogens is 1. The fourth-order valence-electron chi connectivity index (χ4n) is 4.28. The normalized spacial score (nSPS) is 18.6. The van der Waals surface area contributed by atoms with Gasteiger partial charge in [0.15, 0.2) is 0 Å². The summed E-state index contributed by atoms with van der Waals surface area (Å²) in [5.41, 5.74) is 3.45. The maximum atomic E-state index is 13.7. The number of aromatic nitrogens is 1. The van der Waals surface area contributed by atoms with Crippen molar-refractivity contribution in [3.05, 3.63) is 63.9 Å². The molecule has 1 atom stereocenters. The molecule has 7 heteroatoms. The van der Waals surface area contributed by atoms with Crippen molar-refractivity contribution < 1.29 is 14.3 Å². The molecule has 1 aliphatic carbocycles. The Morgan fingerprint density at radius 3 is 2.42 bits per heavy atom. The highest BCUT2D eigenvalue weighted by molar-refractivity contribution is 6.30. The summed E-state index contributed by atoms with van der Waals surface area (Å²) in [5, 5.41) is 0.676. The van der Waals surface area contributed by atoms with E-state index in [9.17, 15) is 9.59 Å². The lowest BCUT2D eigenvalue weighted by molar-refractivity contribution is -0.133. The Balaban J connectivity index is 1.57. The summed E-state index contributed by atoms with van der Waals surface area (Å²) in [4.78, 5) is 34.2. The number of piperazine rings is 1. The maximum Gasteiger partial charge on any atom is 0.410 e. The Morgan fingerprint density at radius 1 is 1.03 bits per heavy atom. The van der Waals surface area contributed by atoms with Crippen LogP contribution in [0, 0.1) is 0 Å². The van der Waals surface area contributed by atoms with Crippen LogP contribution in [-0.4, -0.2) is 58.6 Å². The second-order valence-corrected chi connectivity index (χ2v) is 9.55. The molecule has 1 saturated heterocycles. The Labute approximate surface area is 188 Å². The number of nitrogens with zero attached hydrogens (tertiary/aromatic N) is 3. The molecule has 1 aromatic carbocycles. The molecule has 1 aromatic heterocycles. The highest BCUT2D eigenvalue weighted by Crippen LogP contribution is 2.35. The van der Waals surface area contributed by atoms with E-state index in [-0.39, 0.29) is 12.0 Å². The third-order valence-corrected chi connectivity index (χ3v) is 6.00. The second-order valence-electron chi connectivity index (χ2n) is 9.12. The topological polar surface area (TPSA) is 62.7 Å². The number of benzene rings is 1. The Morgan fingerprint density at radius 2 is 1.71 bits per heavy atom. The number of carbonyl (C=O) groups is 2. The van der Waals surface area contributed by atoms with Crippen LogP contribution in [0.5, 0.6) is 0 Å². The fraction of sp³-hybridized carbons (Fsp3) is 0.458. The highest BCUT2D eigenvalue weighted by atomic mass is 35.5. The molecule has 4 rings (SSSR count). The number of aryl methyl sites for hydroxylation is 2. The minimum Gasteiger partial charge on any atom is -0.444 e. The Kier molecular flexibility index (Phi) is 5.93. The molecule has 164 valence electrons. The van der Waals surface area contributed by atoms with E-state index >= 15 is 0 Å². The number of amides is 2. The lowest BCUT2D eigenvalue weighted by atomic mass is 9.90. The van der Waals surface area contributed by atoms with E-state index in [1.54, 1.807) is 11.1 Å². The molecule has 2 aromatic rings. The number of hydrogen-bond donors (Lipinski definition) is 0. The van der Waals surface area contributed by atoms with Crippen LogP contribution in [0.3, 0.4) is 0 Å². The molecule has 2 amide bonds. The van der Waals surface area contributed by atoms with Crippen molar-refractivity contribution in [1.29, 1.82) is 0 Å². The molecule has 0 saturated carbocycles. The predicted octanol–water partition coefficient (Wildman–Crippen LogP) is 4.04. The predicted molar refractivity (Wildman–Crippen MR) is 119 cm³/mol. The molecule has 1 fully saturated rings. The Bertz CT molecular complexity index is 994. The van der Waals surface area contributed by atoms with Crippen molar-refractivity contribution in [2.24, 2.45) is 0 Å². The van der Waals surface area contributed by atoms with Gasteiger partial charge in [0.1, 0.15) is 11.5 Å². The smallest absolute Gasteiger partial charge is 0.410 e. The van der Waals surface area contributed by atoms with E-state index < -0.39 is 11.5 Å². The molecule has 0 bridgehead atoms. The van der Waals surface area contributed by atoms with E-state index in [0.29, 0.717) is 31.2 Å². The molecule has 0 spiro atoms. The first-order valence-corrected chi connectivity index (χ1v) is 11.1. The van der Waals surface area contributed by atoms with Gasteiger partial charge in [0.2, 0.25) is 5.91 Å². The van der Waals surface area contributed by atoms with Crippen LogP contribution >= 0.6 is 11.6 Å². The van der Waals surface area contributed by atoms with Crippen molar-refractivity contribution in [1.82, 2.24) is 14.8 Å². The molecule has 6 nitrogen and oxygen atoms in total. The third-order valence-electron chi connectivity index (χ3n) is 5.77. The van der Waals surface area contributed by atoms with Gasteiger partial charge in [0.05, 0.1) is 5.69 Å². The number of hydrogen-bond acceptors (Lipinski definition) is 4. The monoisotopic (exact) mass is 441 g/mol. The second kappa shape index (κ2) is 8.50. The van der Waals surface area contributed by atoms with Crippen LogP contribution in [-0.2, 0) is 22.4 Å². The van der Waals surface area contributed by atoms with Crippen LogP contribution in [0.4, 0.5) is 4.79 Å². The van der Waals surface area contributed by atoms with Crippen LogP contribution < -0.4 is 0 Å². The highest BCUT2D eigenvalue weighted by Gasteiger charge is 2.36. The van der Waals surface area contributed by atoms with Crippen molar-refractivity contribution in [2.75, 3.05) is 26.2 Å². The minimum atomic E-state index is -0.537. The number of carbonyl (C=O) groups excluding carboxylic acids is 2. The van der Waals surface area contributed by atoms with Gasteiger partial charge in [0, 0.05) is 37.4 Å². The summed E-state index contributed by atoms with van der Waals surface area (Å²) in [7, 11) is 0. The van der Waals surface area contributed by atoms with E-state index in [0.717, 1.165) is 35.2 Å². The van der Waals surface area contributed by atoms with Crippen molar-refractivity contribution in [2.45, 2.75) is 45.1 Å². The first kappa shape index (κ1) is 21.6. The van der Waals surface area contributed by atoms with Crippen LogP contribution in [0.2, 0.25) is 5.02 Å². The summed E-state index contributed by atoms with van der Waals surface area (Å²) in [5.74, 6) is -0.437. The molecule has 0 radical (unpaired) electrons. The lowest BCUT2D eigenvalue weighted by Crippen LogP contribution is -2.52. The van der Waals surface area contributed by atoms with Crippen LogP contribution in [0.1, 0.15) is 49.1 Å². The molecular weight excluding hydrogens is 414 g/mol. The molecule has 1 unspecified atom stereocenters. The van der Waals surface area contributed by atoms with Gasteiger partial charge >= 0.3 is 6.09 Å². The average molecular weight is 442 g/mol.